The molecule has 0 bridgehead atoms. The van der Waals surface area contributed by atoms with Crippen LogP contribution in [0.1, 0.15) is 33.6 Å². The summed E-state index contributed by atoms with van der Waals surface area (Å²) in [7, 11) is 1.60. The zero-order chi connectivity index (χ0) is 13.1. The summed E-state index contributed by atoms with van der Waals surface area (Å²) in [6.45, 7) is 7.01. The minimum absolute atomic E-state index is 0.113. The van der Waals surface area contributed by atoms with Crippen LogP contribution in [0.25, 0.3) is 0 Å². The number of rotatable bonds is 6. The van der Waals surface area contributed by atoms with Gasteiger partial charge in [0.25, 0.3) is 5.91 Å². The largest absolute Gasteiger partial charge is 0.382 e. The molecule has 1 heterocycles. The highest BCUT2D eigenvalue weighted by molar-refractivity contribution is 6.02. The molecule has 1 aliphatic heterocycles. The van der Waals surface area contributed by atoms with Crippen LogP contribution in [-0.2, 0) is 9.53 Å². The second-order valence-electron chi connectivity index (χ2n) is 4.39. The summed E-state index contributed by atoms with van der Waals surface area (Å²) < 4.78 is 5.20. The van der Waals surface area contributed by atoms with Gasteiger partial charge in [0.2, 0.25) is 0 Å². The van der Waals surface area contributed by atoms with E-state index in [1.54, 1.807) is 12.0 Å². The summed E-state index contributed by atoms with van der Waals surface area (Å²) in [6, 6.07) is -0.182. The average molecular weight is 242 g/mol. The van der Waals surface area contributed by atoms with E-state index in [1.165, 1.54) is 4.90 Å². The van der Waals surface area contributed by atoms with Gasteiger partial charge in [-0.3, -0.25) is 9.69 Å². The number of ether oxygens (including phenoxy) is 1. The summed E-state index contributed by atoms with van der Waals surface area (Å²) in [4.78, 5) is 27.1. The predicted octanol–water partition coefficient (Wildman–Crippen LogP) is 1.48. The number of carbonyl (C=O) groups is 2. The fourth-order valence-corrected chi connectivity index (χ4v) is 2.37. The van der Waals surface area contributed by atoms with Crippen LogP contribution in [0.2, 0.25) is 0 Å². The van der Waals surface area contributed by atoms with E-state index in [4.69, 9.17) is 4.74 Å². The lowest BCUT2D eigenvalue weighted by atomic mass is 9.92. The van der Waals surface area contributed by atoms with Gasteiger partial charge >= 0.3 is 6.03 Å². The molecule has 5 nitrogen and oxygen atoms in total. The first kappa shape index (κ1) is 14.0. The van der Waals surface area contributed by atoms with Crippen LogP contribution in [-0.4, -0.2) is 54.1 Å². The summed E-state index contributed by atoms with van der Waals surface area (Å²) in [6.07, 6.45) is 1.43. The highest BCUT2D eigenvalue weighted by atomic mass is 16.5. The van der Waals surface area contributed by atoms with E-state index >= 15 is 0 Å². The molecular weight excluding hydrogens is 220 g/mol. The van der Waals surface area contributed by atoms with Gasteiger partial charge in [0, 0.05) is 13.7 Å². The number of amides is 3. The molecule has 0 unspecified atom stereocenters. The molecule has 0 radical (unpaired) electrons. The van der Waals surface area contributed by atoms with E-state index in [1.807, 2.05) is 20.8 Å². The summed E-state index contributed by atoms with van der Waals surface area (Å²) in [5, 5.41) is 0. The van der Waals surface area contributed by atoms with Crippen molar-refractivity contribution in [2.45, 2.75) is 39.2 Å². The molecule has 0 aromatic rings. The van der Waals surface area contributed by atoms with E-state index in [-0.39, 0.29) is 18.5 Å². The fraction of sp³-hybridized carbons (Fsp3) is 0.833. The Morgan fingerprint density at radius 2 is 1.82 bits per heavy atom. The lowest BCUT2D eigenvalue weighted by Gasteiger charge is -2.38. The van der Waals surface area contributed by atoms with Crippen molar-refractivity contribution in [3.05, 3.63) is 0 Å². The van der Waals surface area contributed by atoms with Gasteiger partial charge in [-0.15, -0.1) is 0 Å². The van der Waals surface area contributed by atoms with Gasteiger partial charge in [-0.1, -0.05) is 13.8 Å². The number of likely N-dealkylation sites (N-methyl/N-ethyl adjacent to an activating group) is 1. The number of hydrogen-bond acceptors (Lipinski definition) is 3. The van der Waals surface area contributed by atoms with Gasteiger partial charge in [-0.2, -0.15) is 0 Å². The molecule has 0 saturated carbocycles. The number of nitrogens with zero attached hydrogens (tertiary/aromatic N) is 2. The van der Waals surface area contributed by atoms with Crippen LogP contribution in [0.5, 0.6) is 0 Å². The standard InChI is InChI=1S/C12H22N2O3/c1-5-12(6-2,9-17-4)14-10(15)8-13(7-3)11(14)16/h5-9H2,1-4H3. The van der Waals surface area contributed by atoms with Gasteiger partial charge < -0.3 is 9.64 Å². The van der Waals surface area contributed by atoms with Crippen LogP contribution in [0.3, 0.4) is 0 Å². The highest BCUT2D eigenvalue weighted by Crippen LogP contribution is 2.29. The number of hydrogen-bond donors (Lipinski definition) is 0. The van der Waals surface area contributed by atoms with Gasteiger partial charge in [-0.25, -0.2) is 4.79 Å². The zero-order valence-corrected chi connectivity index (χ0v) is 11.2. The second kappa shape index (κ2) is 5.49. The van der Waals surface area contributed by atoms with Gasteiger partial charge in [0.05, 0.1) is 12.1 Å². The maximum Gasteiger partial charge on any atom is 0.327 e. The lowest BCUT2D eigenvalue weighted by Crippen LogP contribution is -2.54. The molecule has 17 heavy (non-hydrogen) atoms. The van der Waals surface area contributed by atoms with Crippen LogP contribution in [0, 0.1) is 0 Å². The molecule has 0 atom stereocenters. The van der Waals surface area contributed by atoms with E-state index in [0.717, 1.165) is 0 Å². The zero-order valence-electron chi connectivity index (χ0n) is 11.2. The first-order valence-corrected chi connectivity index (χ1v) is 6.17. The Kier molecular flexibility index (Phi) is 4.51. The summed E-state index contributed by atoms with van der Waals surface area (Å²) >= 11 is 0. The predicted molar refractivity (Wildman–Crippen MR) is 64.7 cm³/mol. The Bertz CT molecular complexity index is 300. The van der Waals surface area contributed by atoms with Crippen molar-refractivity contribution in [3.63, 3.8) is 0 Å². The van der Waals surface area contributed by atoms with E-state index in [9.17, 15) is 9.59 Å². The lowest BCUT2D eigenvalue weighted by molar-refractivity contribution is -0.131. The van der Waals surface area contributed by atoms with E-state index < -0.39 is 5.54 Å². The van der Waals surface area contributed by atoms with Crippen molar-refractivity contribution >= 4 is 11.9 Å². The minimum Gasteiger partial charge on any atom is -0.382 e. The molecule has 5 heteroatoms. The fourth-order valence-electron chi connectivity index (χ4n) is 2.37. The topological polar surface area (TPSA) is 49.9 Å². The summed E-state index contributed by atoms with van der Waals surface area (Å²) in [5.41, 5.74) is -0.493. The summed E-state index contributed by atoms with van der Waals surface area (Å²) in [5.74, 6) is -0.113. The van der Waals surface area contributed by atoms with Crippen molar-refractivity contribution in [1.29, 1.82) is 0 Å². The molecule has 1 rings (SSSR count). The molecule has 1 saturated heterocycles. The molecule has 3 amide bonds. The third-order valence-electron chi connectivity index (χ3n) is 3.62. The smallest absolute Gasteiger partial charge is 0.327 e. The third-order valence-corrected chi connectivity index (χ3v) is 3.62. The highest BCUT2D eigenvalue weighted by Gasteiger charge is 2.47. The first-order valence-electron chi connectivity index (χ1n) is 6.17. The molecule has 0 aromatic heterocycles. The number of urea groups is 1. The molecule has 1 fully saturated rings. The van der Waals surface area contributed by atoms with Crippen molar-refractivity contribution in [1.82, 2.24) is 9.80 Å². The second-order valence-corrected chi connectivity index (χ2v) is 4.39. The Morgan fingerprint density at radius 3 is 2.18 bits per heavy atom. The number of methoxy groups -OCH3 is 1. The van der Waals surface area contributed by atoms with Gasteiger partial charge in [0.1, 0.15) is 6.54 Å². The SMILES string of the molecule is CCN1CC(=O)N(C(CC)(CC)COC)C1=O. The van der Waals surface area contributed by atoms with Crippen LogP contribution in [0.4, 0.5) is 4.79 Å². The van der Waals surface area contributed by atoms with Gasteiger partial charge in [0.15, 0.2) is 0 Å². The van der Waals surface area contributed by atoms with Gasteiger partial charge in [-0.05, 0) is 19.8 Å². The molecular formula is C12H22N2O3. The normalized spacial score (nSPS) is 17.2. The van der Waals surface area contributed by atoms with Crippen molar-refractivity contribution in [2.24, 2.45) is 0 Å². The Hall–Kier alpha value is -1.10. The van der Waals surface area contributed by atoms with Crippen molar-refractivity contribution in [2.75, 3.05) is 26.8 Å². The monoisotopic (exact) mass is 242 g/mol. The van der Waals surface area contributed by atoms with Crippen LogP contribution >= 0.6 is 0 Å². The molecule has 0 N–H and O–H groups in total. The van der Waals surface area contributed by atoms with Crippen LogP contribution in [0.15, 0.2) is 0 Å². The van der Waals surface area contributed by atoms with Crippen LogP contribution < -0.4 is 0 Å². The maximum absolute atomic E-state index is 12.2. The van der Waals surface area contributed by atoms with E-state index in [2.05, 4.69) is 0 Å². The van der Waals surface area contributed by atoms with Crippen molar-refractivity contribution in [3.8, 4) is 0 Å². The number of imide groups is 1. The average Bonchev–Trinajstić information content (AvgIpc) is 2.62. The first-order chi connectivity index (χ1) is 8.06. The molecule has 0 aromatic carbocycles. The third kappa shape index (κ3) is 2.29. The minimum atomic E-state index is -0.493. The molecule has 98 valence electrons. The van der Waals surface area contributed by atoms with Crippen molar-refractivity contribution < 1.29 is 14.3 Å². The molecule has 0 aliphatic carbocycles. The molecule has 1 aliphatic rings. The molecule has 0 spiro atoms. The Balaban J connectivity index is 3.02. The Labute approximate surface area is 103 Å². The van der Waals surface area contributed by atoms with E-state index in [0.29, 0.717) is 26.0 Å². The quantitative estimate of drug-likeness (QED) is 0.663. The Morgan fingerprint density at radius 1 is 1.24 bits per heavy atom. The maximum atomic E-state index is 12.2. The number of carbonyl (C=O) groups excluding carboxylic acids is 2.